The minimum atomic E-state index is -0.669. The summed E-state index contributed by atoms with van der Waals surface area (Å²) in [5.74, 6) is -0.902. The number of carbonyl (C=O) groups is 2. The average Bonchev–Trinajstić information content (AvgIpc) is 2.53. The Morgan fingerprint density at radius 2 is 1.77 bits per heavy atom. The van der Waals surface area contributed by atoms with Crippen molar-refractivity contribution < 1.29 is 19.2 Å². The summed E-state index contributed by atoms with van der Waals surface area (Å²) in [5.41, 5.74) is 0.0711. The molecular weight excluding hydrogens is 290 g/mol. The number of hydrogen-bond donors (Lipinski definition) is 0. The molecule has 0 saturated carbocycles. The summed E-state index contributed by atoms with van der Waals surface area (Å²) in [5, 5.41) is 10.5. The number of carbonyl (C=O) groups excluding carboxylic acids is 2. The third-order valence-electron chi connectivity index (χ3n) is 3.50. The number of non-ortho nitro benzene ring substituents is 1. The summed E-state index contributed by atoms with van der Waals surface area (Å²) in [4.78, 5) is 37.5. The highest BCUT2D eigenvalue weighted by Crippen LogP contribution is 2.12. The maximum Gasteiger partial charge on any atom is 0.338 e. The normalized spacial score (nSPS) is 15.4. The zero-order valence-corrected chi connectivity index (χ0v) is 12.2. The van der Waals surface area contributed by atoms with Crippen molar-refractivity contribution in [2.75, 3.05) is 39.8 Å². The Morgan fingerprint density at radius 3 is 2.32 bits per heavy atom. The number of nitro benzene ring substituents is 1. The van der Waals surface area contributed by atoms with E-state index in [1.807, 2.05) is 7.05 Å². The van der Waals surface area contributed by atoms with E-state index in [0.717, 1.165) is 13.1 Å². The third-order valence-corrected chi connectivity index (χ3v) is 3.50. The number of amides is 1. The minimum absolute atomic E-state index is 0.106. The Morgan fingerprint density at radius 1 is 1.18 bits per heavy atom. The lowest BCUT2D eigenvalue weighted by Gasteiger charge is -2.32. The quantitative estimate of drug-likeness (QED) is 0.457. The summed E-state index contributed by atoms with van der Waals surface area (Å²) < 4.78 is 4.96. The number of nitro groups is 1. The van der Waals surface area contributed by atoms with E-state index in [4.69, 9.17) is 4.74 Å². The molecule has 0 spiro atoms. The molecule has 1 aliphatic rings. The highest BCUT2D eigenvalue weighted by atomic mass is 16.6. The van der Waals surface area contributed by atoms with Crippen LogP contribution in [0.4, 0.5) is 5.69 Å². The molecule has 0 unspecified atom stereocenters. The van der Waals surface area contributed by atoms with Crippen LogP contribution in [0.25, 0.3) is 0 Å². The molecule has 0 N–H and O–H groups in total. The fraction of sp³-hybridized carbons (Fsp3) is 0.429. The van der Waals surface area contributed by atoms with E-state index in [-0.39, 0.29) is 23.8 Å². The second-order valence-corrected chi connectivity index (χ2v) is 5.06. The SMILES string of the molecule is CN1CCN(C(=O)COC(=O)c2ccc([N+](=O)[O-])cc2)CC1. The first-order chi connectivity index (χ1) is 10.5. The van der Waals surface area contributed by atoms with Crippen LogP contribution in [0.1, 0.15) is 10.4 Å². The standard InChI is InChI=1S/C14H17N3O5/c1-15-6-8-16(9-7-15)13(18)10-22-14(19)11-2-4-12(5-3-11)17(20)21/h2-5H,6-10H2,1H3. The summed E-state index contributed by atoms with van der Waals surface area (Å²) >= 11 is 0. The van der Waals surface area contributed by atoms with E-state index in [2.05, 4.69) is 4.90 Å². The second kappa shape index (κ2) is 6.99. The summed E-state index contributed by atoms with van der Waals surface area (Å²) in [7, 11) is 1.98. The largest absolute Gasteiger partial charge is 0.452 e. The Hall–Kier alpha value is -2.48. The van der Waals surface area contributed by atoms with Crippen molar-refractivity contribution in [1.82, 2.24) is 9.80 Å². The topological polar surface area (TPSA) is 93.0 Å². The lowest BCUT2D eigenvalue weighted by atomic mass is 10.2. The van der Waals surface area contributed by atoms with Gasteiger partial charge in [0.1, 0.15) is 0 Å². The van der Waals surface area contributed by atoms with Gasteiger partial charge in [0.05, 0.1) is 10.5 Å². The van der Waals surface area contributed by atoms with Gasteiger partial charge in [-0.05, 0) is 19.2 Å². The summed E-state index contributed by atoms with van der Waals surface area (Å²) in [6.45, 7) is 2.50. The smallest absolute Gasteiger partial charge is 0.338 e. The van der Waals surface area contributed by atoms with Crippen molar-refractivity contribution in [2.45, 2.75) is 0 Å². The van der Waals surface area contributed by atoms with Gasteiger partial charge in [-0.1, -0.05) is 0 Å². The lowest BCUT2D eigenvalue weighted by Crippen LogP contribution is -2.48. The molecule has 1 heterocycles. The van der Waals surface area contributed by atoms with Gasteiger partial charge in [-0.25, -0.2) is 4.79 Å². The molecular formula is C14H17N3O5. The summed E-state index contributed by atoms with van der Waals surface area (Å²) in [6.07, 6.45) is 0. The lowest BCUT2D eigenvalue weighted by molar-refractivity contribution is -0.384. The van der Waals surface area contributed by atoms with Crippen LogP contribution in [0.2, 0.25) is 0 Å². The molecule has 2 rings (SSSR count). The van der Waals surface area contributed by atoms with Crippen molar-refractivity contribution in [3.05, 3.63) is 39.9 Å². The predicted molar refractivity (Wildman–Crippen MR) is 77.5 cm³/mol. The third kappa shape index (κ3) is 4.01. The fourth-order valence-electron chi connectivity index (χ4n) is 2.08. The Balaban J connectivity index is 1.84. The van der Waals surface area contributed by atoms with Gasteiger partial charge in [0, 0.05) is 38.3 Å². The van der Waals surface area contributed by atoms with Gasteiger partial charge in [0.25, 0.3) is 11.6 Å². The van der Waals surface area contributed by atoms with E-state index < -0.39 is 10.9 Å². The van der Waals surface area contributed by atoms with E-state index in [0.29, 0.717) is 13.1 Å². The zero-order chi connectivity index (χ0) is 16.1. The van der Waals surface area contributed by atoms with Gasteiger partial charge in [-0.2, -0.15) is 0 Å². The molecule has 0 radical (unpaired) electrons. The van der Waals surface area contributed by atoms with Gasteiger partial charge in [-0.15, -0.1) is 0 Å². The first-order valence-electron chi connectivity index (χ1n) is 6.85. The predicted octanol–water partition coefficient (Wildman–Crippen LogP) is 0.526. The van der Waals surface area contributed by atoms with Crippen LogP contribution in [0, 0.1) is 10.1 Å². The molecule has 0 aromatic heterocycles. The first kappa shape index (κ1) is 15.9. The van der Waals surface area contributed by atoms with Crippen LogP contribution in [-0.4, -0.2) is 66.4 Å². The van der Waals surface area contributed by atoms with Crippen LogP contribution in [0.3, 0.4) is 0 Å². The van der Waals surface area contributed by atoms with Crippen LogP contribution >= 0.6 is 0 Å². The number of hydrogen-bond acceptors (Lipinski definition) is 6. The van der Waals surface area contributed by atoms with Gasteiger partial charge in [0.2, 0.25) is 0 Å². The molecule has 8 nitrogen and oxygen atoms in total. The van der Waals surface area contributed by atoms with E-state index in [9.17, 15) is 19.7 Å². The van der Waals surface area contributed by atoms with Crippen LogP contribution < -0.4 is 0 Å². The summed E-state index contributed by atoms with van der Waals surface area (Å²) in [6, 6.07) is 5.05. The van der Waals surface area contributed by atoms with Crippen molar-refractivity contribution >= 4 is 17.6 Å². The molecule has 22 heavy (non-hydrogen) atoms. The number of ether oxygens (including phenoxy) is 1. The van der Waals surface area contributed by atoms with Crippen LogP contribution in [0.5, 0.6) is 0 Å². The highest BCUT2D eigenvalue weighted by Gasteiger charge is 2.20. The van der Waals surface area contributed by atoms with Gasteiger partial charge in [0.15, 0.2) is 6.61 Å². The number of nitrogens with zero attached hydrogens (tertiary/aromatic N) is 3. The molecule has 0 aliphatic carbocycles. The highest BCUT2D eigenvalue weighted by molar-refractivity contribution is 5.91. The van der Waals surface area contributed by atoms with Crippen molar-refractivity contribution in [3.8, 4) is 0 Å². The molecule has 0 bridgehead atoms. The van der Waals surface area contributed by atoms with Gasteiger partial charge in [-0.3, -0.25) is 14.9 Å². The Labute approximate surface area is 127 Å². The second-order valence-electron chi connectivity index (χ2n) is 5.06. The maximum atomic E-state index is 11.9. The number of piperazine rings is 1. The van der Waals surface area contributed by atoms with Crippen molar-refractivity contribution in [2.24, 2.45) is 0 Å². The number of benzene rings is 1. The number of rotatable bonds is 4. The molecule has 1 aromatic carbocycles. The fourth-order valence-corrected chi connectivity index (χ4v) is 2.08. The van der Waals surface area contributed by atoms with Gasteiger partial charge < -0.3 is 14.5 Å². The molecule has 1 fully saturated rings. The number of likely N-dealkylation sites (N-methyl/N-ethyl adjacent to an activating group) is 1. The zero-order valence-electron chi connectivity index (χ0n) is 12.2. The molecule has 1 aliphatic heterocycles. The van der Waals surface area contributed by atoms with Crippen LogP contribution in [0.15, 0.2) is 24.3 Å². The molecule has 8 heteroatoms. The van der Waals surface area contributed by atoms with E-state index >= 15 is 0 Å². The molecule has 1 saturated heterocycles. The van der Waals surface area contributed by atoms with Crippen molar-refractivity contribution in [1.29, 1.82) is 0 Å². The molecule has 1 amide bonds. The minimum Gasteiger partial charge on any atom is -0.452 e. The van der Waals surface area contributed by atoms with E-state index in [1.54, 1.807) is 4.90 Å². The molecule has 1 aromatic rings. The molecule has 0 atom stereocenters. The van der Waals surface area contributed by atoms with Crippen molar-refractivity contribution in [3.63, 3.8) is 0 Å². The Kier molecular flexibility index (Phi) is 5.05. The average molecular weight is 307 g/mol. The van der Waals surface area contributed by atoms with Gasteiger partial charge >= 0.3 is 5.97 Å². The monoisotopic (exact) mass is 307 g/mol. The van der Waals surface area contributed by atoms with E-state index in [1.165, 1.54) is 24.3 Å². The van der Waals surface area contributed by atoms with Crippen LogP contribution in [-0.2, 0) is 9.53 Å². The number of esters is 1. The Bertz CT molecular complexity index is 564. The first-order valence-corrected chi connectivity index (χ1v) is 6.85. The molecule has 118 valence electrons. The maximum absolute atomic E-state index is 11.9.